The van der Waals surface area contributed by atoms with Crippen LogP contribution in [-0.4, -0.2) is 63.5 Å². The molecule has 1 atom stereocenters. The molecule has 2 heterocycles. The molecule has 0 saturated carbocycles. The number of nitrogens with zero attached hydrogens (tertiary/aromatic N) is 1. The van der Waals surface area contributed by atoms with E-state index in [-0.39, 0.29) is 0 Å². The first-order valence-corrected chi connectivity index (χ1v) is 5.97. The van der Waals surface area contributed by atoms with Gasteiger partial charge in [-0.15, -0.1) is 0 Å². The zero-order chi connectivity index (χ0) is 10.5. The van der Waals surface area contributed by atoms with Crippen molar-refractivity contribution in [1.29, 1.82) is 0 Å². The third-order valence-corrected chi connectivity index (χ3v) is 3.34. The number of rotatable bonds is 3. The Balaban J connectivity index is 1.67. The Hall–Kier alpha value is -0.160. The van der Waals surface area contributed by atoms with Crippen molar-refractivity contribution in [1.82, 2.24) is 10.2 Å². The van der Waals surface area contributed by atoms with Crippen molar-refractivity contribution in [2.75, 3.05) is 46.5 Å². The molecule has 2 saturated heterocycles. The smallest absolute Gasteiger partial charge is 0.0936 e. The Morgan fingerprint density at radius 1 is 1.27 bits per heavy atom. The van der Waals surface area contributed by atoms with Gasteiger partial charge in [-0.25, -0.2) is 0 Å². The van der Waals surface area contributed by atoms with Gasteiger partial charge >= 0.3 is 0 Å². The first kappa shape index (κ1) is 11.3. The highest BCUT2D eigenvalue weighted by atomic mass is 16.6. The monoisotopic (exact) mass is 214 g/mol. The van der Waals surface area contributed by atoms with Crippen molar-refractivity contribution in [3.05, 3.63) is 0 Å². The zero-order valence-corrected chi connectivity index (χ0v) is 9.58. The van der Waals surface area contributed by atoms with Crippen molar-refractivity contribution >= 4 is 0 Å². The molecule has 0 aromatic heterocycles. The molecule has 0 amide bonds. The summed E-state index contributed by atoms with van der Waals surface area (Å²) in [6, 6.07) is 0.713. The molecule has 0 bridgehead atoms. The van der Waals surface area contributed by atoms with E-state index in [9.17, 15) is 0 Å². The second-order valence-electron chi connectivity index (χ2n) is 4.43. The SMILES string of the molecule is CNC1CCN(CC2COCCO2)CC1. The Labute approximate surface area is 91.9 Å². The quantitative estimate of drug-likeness (QED) is 0.722. The summed E-state index contributed by atoms with van der Waals surface area (Å²) in [6.45, 7) is 5.70. The molecule has 0 spiro atoms. The number of nitrogens with one attached hydrogen (secondary N) is 1. The lowest BCUT2D eigenvalue weighted by molar-refractivity contribution is -0.0989. The molecule has 0 radical (unpaired) electrons. The first-order valence-electron chi connectivity index (χ1n) is 5.97. The maximum atomic E-state index is 5.65. The molecule has 0 aromatic carbocycles. The van der Waals surface area contributed by atoms with E-state index in [2.05, 4.69) is 17.3 Å². The van der Waals surface area contributed by atoms with Crippen LogP contribution in [0.2, 0.25) is 0 Å². The summed E-state index contributed by atoms with van der Waals surface area (Å²) < 4.78 is 11.1. The largest absolute Gasteiger partial charge is 0.376 e. The van der Waals surface area contributed by atoms with E-state index in [0.717, 1.165) is 26.4 Å². The molecular weight excluding hydrogens is 192 g/mol. The molecule has 15 heavy (non-hydrogen) atoms. The van der Waals surface area contributed by atoms with Crippen LogP contribution in [-0.2, 0) is 9.47 Å². The predicted octanol–water partition coefficient (Wildman–Crippen LogP) is 0.0856. The van der Waals surface area contributed by atoms with Gasteiger partial charge in [0, 0.05) is 12.6 Å². The standard InChI is InChI=1S/C11H22N2O2/c1-12-10-2-4-13(5-3-10)8-11-9-14-6-7-15-11/h10-12H,2-9H2,1H3. The molecule has 2 rings (SSSR count). The van der Waals surface area contributed by atoms with E-state index in [1.165, 1.54) is 25.9 Å². The summed E-state index contributed by atoms with van der Waals surface area (Å²) in [6.07, 6.45) is 2.80. The molecule has 1 N–H and O–H groups in total. The lowest BCUT2D eigenvalue weighted by atomic mass is 10.1. The highest BCUT2D eigenvalue weighted by molar-refractivity contribution is 4.78. The average molecular weight is 214 g/mol. The van der Waals surface area contributed by atoms with Crippen molar-refractivity contribution in [2.24, 2.45) is 0 Å². The summed E-state index contributed by atoms with van der Waals surface area (Å²) in [7, 11) is 2.05. The minimum absolute atomic E-state index is 0.296. The number of hydrogen-bond donors (Lipinski definition) is 1. The molecule has 1 unspecified atom stereocenters. The van der Waals surface area contributed by atoms with Gasteiger partial charge in [-0.3, -0.25) is 0 Å². The minimum atomic E-state index is 0.296. The van der Waals surface area contributed by atoms with Gasteiger partial charge in [-0.05, 0) is 33.0 Å². The Morgan fingerprint density at radius 2 is 2.07 bits per heavy atom. The lowest BCUT2D eigenvalue weighted by Gasteiger charge is -2.35. The fourth-order valence-corrected chi connectivity index (χ4v) is 2.33. The second kappa shape index (κ2) is 5.80. The van der Waals surface area contributed by atoms with Crippen molar-refractivity contribution in [2.45, 2.75) is 25.0 Å². The fraction of sp³-hybridized carbons (Fsp3) is 1.00. The Bertz CT molecular complexity index is 175. The molecule has 2 aliphatic heterocycles. The number of piperidine rings is 1. The van der Waals surface area contributed by atoms with Crippen LogP contribution in [0.15, 0.2) is 0 Å². The van der Waals surface area contributed by atoms with Crippen LogP contribution in [0.1, 0.15) is 12.8 Å². The van der Waals surface area contributed by atoms with Gasteiger partial charge in [0.05, 0.1) is 25.9 Å². The van der Waals surface area contributed by atoms with E-state index in [4.69, 9.17) is 9.47 Å². The van der Waals surface area contributed by atoms with Gasteiger partial charge in [-0.1, -0.05) is 0 Å². The summed E-state index contributed by atoms with van der Waals surface area (Å²) in [4.78, 5) is 2.49. The van der Waals surface area contributed by atoms with Gasteiger partial charge in [0.2, 0.25) is 0 Å². The van der Waals surface area contributed by atoms with Gasteiger partial charge < -0.3 is 19.7 Å². The van der Waals surface area contributed by atoms with Crippen LogP contribution < -0.4 is 5.32 Å². The Kier molecular flexibility index (Phi) is 4.38. The van der Waals surface area contributed by atoms with E-state index in [0.29, 0.717) is 12.1 Å². The molecule has 88 valence electrons. The van der Waals surface area contributed by atoms with Crippen LogP contribution in [0.3, 0.4) is 0 Å². The van der Waals surface area contributed by atoms with Crippen LogP contribution in [0.5, 0.6) is 0 Å². The molecule has 0 aromatic rings. The zero-order valence-electron chi connectivity index (χ0n) is 9.58. The number of hydrogen-bond acceptors (Lipinski definition) is 4. The summed E-state index contributed by atoms with van der Waals surface area (Å²) in [5.74, 6) is 0. The highest BCUT2D eigenvalue weighted by Gasteiger charge is 2.22. The maximum absolute atomic E-state index is 5.65. The highest BCUT2D eigenvalue weighted by Crippen LogP contribution is 2.12. The van der Waals surface area contributed by atoms with Gasteiger partial charge in [0.25, 0.3) is 0 Å². The lowest BCUT2D eigenvalue weighted by Crippen LogP contribution is -2.46. The molecular formula is C11H22N2O2. The van der Waals surface area contributed by atoms with E-state index < -0.39 is 0 Å². The summed E-state index contributed by atoms with van der Waals surface area (Å²) in [5.41, 5.74) is 0. The van der Waals surface area contributed by atoms with E-state index in [1.807, 2.05) is 0 Å². The van der Waals surface area contributed by atoms with Crippen LogP contribution in [0, 0.1) is 0 Å². The van der Waals surface area contributed by atoms with Gasteiger partial charge in [-0.2, -0.15) is 0 Å². The topological polar surface area (TPSA) is 33.7 Å². The molecule has 4 heteroatoms. The van der Waals surface area contributed by atoms with Crippen LogP contribution in [0.25, 0.3) is 0 Å². The third-order valence-electron chi connectivity index (χ3n) is 3.34. The first-order chi connectivity index (χ1) is 7.38. The number of likely N-dealkylation sites (tertiary alicyclic amines) is 1. The fourth-order valence-electron chi connectivity index (χ4n) is 2.33. The van der Waals surface area contributed by atoms with Gasteiger partial charge in [0.15, 0.2) is 0 Å². The second-order valence-corrected chi connectivity index (χ2v) is 4.43. The van der Waals surface area contributed by atoms with Crippen molar-refractivity contribution in [3.63, 3.8) is 0 Å². The minimum Gasteiger partial charge on any atom is -0.376 e. The molecule has 2 aliphatic rings. The third kappa shape index (κ3) is 3.41. The van der Waals surface area contributed by atoms with E-state index in [1.54, 1.807) is 0 Å². The normalized spacial score (nSPS) is 30.6. The number of ether oxygens (including phenoxy) is 2. The Morgan fingerprint density at radius 3 is 2.67 bits per heavy atom. The van der Waals surface area contributed by atoms with Crippen molar-refractivity contribution in [3.8, 4) is 0 Å². The van der Waals surface area contributed by atoms with E-state index >= 15 is 0 Å². The van der Waals surface area contributed by atoms with Gasteiger partial charge in [0.1, 0.15) is 0 Å². The molecule has 4 nitrogen and oxygen atoms in total. The maximum Gasteiger partial charge on any atom is 0.0936 e. The predicted molar refractivity (Wildman–Crippen MR) is 59.1 cm³/mol. The van der Waals surface area contributed by atoms with Crippen LogP contribution >= 0.6 is 0 Å². The van der Waals surface area contributed by atoms with Crippen molar-refractivity contribution < 1.29 is 9.47 Å². The molecule has 2 fully saturated rings. The van der Waals surface area contributed by atoms with Crippen LogP contribution in [0.4, 0.5) is 0 Å². The summed E-state index contributed by atoms with van der Waals surface area (Å²) >= 11 is 0. The summed E-state index contributed by atoms with van der Waals surface area (Å²) in [5, 5.41) is 3.35. The average Bonchev–Trinajstić information content (AvgIpc) is 2.31. The molecule has 0 aliphatic carbocycles.